The van der Waals surface area contributed by atoms with Crippen LogP contribution in [0.5, 0.6) is 0 Å². The number of unbranched alkanes of at least 4 members (excludes halogenated alkanes) is 18. The van der Waals surface area contributed by atoms with E-state index in [0.29, 0.717) is 26.2 Å². The molecule has 1 aromatic carbocycles. The average molecular weight is 1050 g/mol. The fourth-order valence-electron chi connectivity index (χ4n) is 9.25. The Morgan fingerprint density at radius 3 is 1.71 bits per heavy atom. The van der Waals surface area contributed by atoms with Crippen LogP contribution in [-0.4, -0.2) is 110 Å². The fraction of sp³-hybridized carbons (Fsp3) is 0.862. The minimum Gasteiger partial charge on any atom is -0.457 e. The van der Waals surface area contributed by atoms with Crippen molar-refractivity contribution in [3.8, 4) is 0 Å². The van der Waals surface area contributed by atoms with Crippen molar-refractivity contribution in [3.63, 3.8) is 0 Å². The number of benzene rings is 1. The molecule has 0 aromatic heterocycles. The molecule has 1 aromatic rings. The number of esters is 1. The summed E-state index contributed by atoms with van der Waals surface area (Å²) in [4.78, 5) is 28.9. The molecule has 0 aliphatic carbocycles. The minimum absolute atomic E-state index is 0.0231. The monoisotopic (exact) mass is 1050 g/mol. The molecule has 1 amide bonds. The van der Waals surface area contributed by atoms with E-state index in [9.17, 15) is 9.59 Å². The summed E-state index contributed by atoms with van der Waals surface area (Å²) in [5.74, 6) is -1.65. The van der Waals surface area contributed by atoms with Crippen molar-refractivity contribution in [1.82, 2.24) is 5.32 Å². The highest BCUT2D eigenvalue weighted by molar-refractivity contribution is 6.76. The van der Waals surface area contributed by atoms with Crippen LogP contribution in [0.4, 0.5) is 0 Å². The van der Waals surface area contributed by atoms with E-state index in [2.05, 4.69) is 58.4 Å². The van der Waals surface area contributed by atoms with Gasteiger partial charge in [-0.2, -0.15) is 0 Å². The first-order valence-electron chi connectivity index (χ1n) is 29.0. The van der Waals surface area contributed by atoms with Gasteiger partial charge in [0.05, 0.1) is 38.3 Å². The summed E-state index contributed by atoms with van der Waals surface area (Å²) in [5.41, 5.74) is 1.05. The molecule has 2 saturated heterocycles. The highest BCUT2D eigenvalue weighted by Gasteiger charge is 2.54. The molecular formula is C58H107NO11Si2. The number of rotatable bonds is 43. The Balaban J connectivity index is 1.78. The zero-order chi connectivity index (χ0) is 52.5. The van der Waals surface area contributed by atoms with Crippen LogP contribution in [0.25, 0.3) is 0 Å². The van der Waals surface area contributed by atoms with Gasteiger partial charge in [-0.05, 0) is 44.3 Å². The maximum atomic E-state index is 14.4. The number of ether oxygens (including phenoxy) is 9. The number of hydrogen-bond acceptors (Lipinski definition) is 11. The molecule has 0 saturated carbocycles. The number of nitrogens with one attached hydrogen (secondary N) is 1. The molecule has 14 heteroatoms. The standard InChI is InChI=1S/C58H107NO11Si2/c1-11-13-15-17-19-21-22-24-26-28-33-37-50(66-47-63-44-48-34-30-29-31-35-48)43-53(61)69-56-54(57(64-39-41-72(8,9)10)68-51-45-67-58(3,4)70-55(51)56)59-52(60)42-49(65-46-62-38-40-71(5,6)7)36-32-27-25-23-20-18-16-14-12-2/h29-31,34-35,49-51,54-57H,11-28,32-33,36-47H2,1-10H3,(H,59,60)/t49?,50?,51-,54-,55-,56-,57-/m1/s1. The van der Waals surface area contributed by atoms with Crippen LogP contribution >= 0.6 is 0 Å². The number of carbonyl (C=O) groups excluding carboxylic acids is 2. The predicted octanol–water partition coefficient (Wildman–Crippen LogP) is 14.3. The summed E-state index contributed by atoms with van der Waals surface area (Å²) < 4.78 is 57.0. The Bertz CT molecular complexity index is 1530. The van der Waals surface area contributed by atoms with Gasteiger partial charge in [-0.3, -0.25) is 9.59 Å². The molecule has 7 atom stereocenters. The van der Waals surface area contributed by atoms with E-state index < -0.39 is 64.7 Å². The first-order valence-corrected chi connectivity index (χ1v) is 36.4. The van der Waals surface area contributed by atoms with E-state index >= 15 is 0 Å². The molecule has 0 bridgehead atoms. The average Bonchev–Trinajstić information content (AvgIpc) is 3.31. The first kappa shape index (κ1) is 64.6. The van der Waals surface area contributed by atoms with Gasteiger partial charge in [-0.25, -0.2) is 0 Å². The lowest BCUT2D eigenvalue weighted by Crippen LogP contribution is -2.69. The lowest BCUT2D eigenvalue weighted by molar-refractivity contribution is -0.369. The quantitative estimate of drug-likeness (QED) is 0.0290. The molecule has 2 heterocycles. The van der Waals surface area contributed by atoms with E-state index in [1.807, 2.05) is 44.2 Å². The molecule has 2 aliphatic rings. The second kappa shape index (κ2) is 37.1. The van der Waals surface area contributed by atoms with Gasteiger partial charge in [-0.1, -0.05) is 212 Å². The Hall–Kier alpha value is -1.73. The van der Waals surface area contributed by atoms with Gasteiger partial charge in [0.1, 0.15) is 31.8 Å². The first-order chi connectivity index (χ1) is 34.5. The van der Waals surface area contributed by atoms with Crippen LogP contribution in [0.3, 0.4) is 0 Å². The van der Waals surface area contributed by atoms with Gasteiger partial charge in [-0.15, -0.1) is 0 Å². The molecule has 0 spiro atoms. The largest absolute Gasteiger partial charge is 0.457 e. The van der Waals surface area contributed by atoms with Crippen molar-refractivity contribution < 1.29 is 52.2 Å². The molecule has 2 aliphatic heterocycles. The van der Waals surface area contributed by atoms with Gasteiger partial charge in [0.15, 0.2) is 18.2 Å². The van der Waals surface area contributed by atoms with E-state index in [-0.39, 0.29) is 45.0 Å². The maximum Gasteiger partial charge on any atom is 0.308 e. The van der Waals surface area contributed by atoms with E-state index in [1.54, 1.807) is 0 Å². The number of fused-ring (bicyclic) bond motifs is 1. The fourth-order valence-corrected chi connectivity index (χ4v) is 10.7. The van der Waals surface area contributed by atoms with Gasteiger partial charge in [0, 0.05) is 29.4 Å². The predicted molar refractivity (Wildman–Crippen MR) is 296 cm³/mol. The highest BCUT2D eigenvalue weighted by atomic mass is 28.3. The van der Waals surface area contributed by atoms with Crippen LogP contribution in [0.15, 0.2) is 30.3 Å². The Kier molecular flexibility index (Phi) is 33.3. The van der Waals surface area contributed by atoms with Crippen LogP contribution in [0.2, 0.25) is 51.4 Å². The van der Waals surface area contributed by atoms with Crippen LogP contribution in [0, 0.1) is 0 Å². The topological polar surface area (TPSA) is 129 Å². The lowest BCUT2D eigenvalue weighted by atomic mass is 9.94. The molecule has 3 rings (SSSR count). The summed E-state index contributed by atoms with van der Waals surface area (Å²) in [6.07, 6.45) is 22.1. The van der Waals surface area contributed by atoms with E-state index in [0.717, 1.165) is 56.2 Å². The third-order valence-corrected chi connectivity index (χ3v) is 17.2. The molecule has 1 N–H and O–H groups in total. The van der Waals surface area contributed by atoms with Gasteiger partial charge in [0.25, 0.3) is 0 Å². The second-order valence-electron chi connectivity index (χ2n) is 23.8. The summed E-state index contributed by atoms with van der Waals surface area (Å²) in [7, 11) is -2.78. The third-order valence-electron chi connectivity index (χ3n) is 13.8. The molecule has 2 unspecified atom stereocenters. The molecular weight excluding hydrogens is 943 g/mol. The van der Waals surface area contributed by atoms with E-state index in [4.69, 9.17) is 42.6 Å². The van der Waals surface area contributed by atoms with Crippen molar-refractivity contribution in [2.45, 2.75) is 288 Å². The van der Waals surface area contributed by atoms with Crippen molar-refractivity contribution >= 4 is 28.0 Å². The SMILES string of the molecule is CCCCCCCCCCCCCC(CC(=O)O[C@@H]1[C@@H](NC(=O)CC(CCCCCCCCCCC)OCOCC[Si](C)(C)C)[C@H](OCC[Si](C)(C)C)O[C@@H]2COC(C)(C)O[C@@H]12)OCOCc1ccccc1. The molecule has 2 fully saturated rings. The maximum absolute atomic E-state index is 14.4. The van der Waals surface area contributed by atoms with Crippen LogP contribution in [0.1, 0.15) is 187 Å². The Labute approximate surface area is 441 Å². The van der Waals surface area contributed by atoms with Crippen LogP contribution < -0.4 is 5.32 Å². The van der Waals surface area contributed by atoms with Crippen molar-refractivity contribution in [3.05, 3.63) is 35.9 Å². The summed E-state index contributed by atoms with van der Waals surface area (Å²) in [5, 5.41) is 3.26. The number of carbonyl (C=O) groups is 2. The van der Waals surface area contributed by atoms with Crippen molar-refractivity contribution in [1.29, 1.82) is 0 Å². The zero-order valence-electron chi connectivity index (χ0n) is 47.5. The summed E-state index contributed by atoms with van der Waals surface area (Å²) in [6, 6.07) is 11.1. The lowest BCUT2D eigenvalue weighted by Gasteiger charge is -2.50. The number of amides is 1. The summed E-state index contributed by atoms with van der Waals surface area (Å²) in [6.45, 7) is 24.0. The van der Waals surface area contributed by atoms with Crippen LogP contribution in [-0.2, 0) is 58.8 Å². The van der Waals surface area contributed by atoms with Gasteiger partial charge in [0.2, 0.25) is 5.91 Å². The second-order valence-corrected chi connectivity index (χ2v) is 35.0. The van der Waals surface area contributed by atoms with Gasteiger partial charge >= 0.3 is 5.97 Å². The molecule has 418 valence electrons. The minimum atomic E-state index is -1.51. The normalized spacial score (nSPS) is 21.0. The molecule has 12 nitrogen and oxygen atoms in total. The van der Waals surface area contributed by atoms with Gasteiger partial charge < -0.3 is 47.9 Å². The molecule has 72 heavy (non-hydrogen) atoms. The number of hydrogen-bond donors (Lipinski definition) is 1. The van der Waals surface area contributed by atoms with E-state index in [1.165, 1.54) is 96.3 Å². The summed E-state index contributed by atoms with van der Waals surface area (Å²) >= 11 is 0. The van der Waals surface area contributed by atoms with Crippen molar-refractivity contribution in [2.24, 2.45) is 0 Å². The third kappa shape index (κ3) is 30.7. The zero-order valence-corrected chi connectivity index (χ0v) is 49.5. The van der Waals surface area contributed by atoms with Crippen molar-refractivity contribution in [2.75, 3.05) is 33.4 Å². The Morgan fingerprint density at radius 1 is 0.667 bits per heavy atom. The molecule has 0 radical (unpaired) electrons. The highest BCUT2D eigenvalue weighted by Crippen LogP contribution is 2.35. The Morgan fingerprint density at radius 2 is 1.17 bits per heavy atom. The smallest absolute Gasteiger partial charge is 0.308 e.